The number of nitrogens with zero attached hydrogens (tertiary/aromatic N) is 2. The van der Waals surface area contributed by atoms with Gasteiger partial charge in [0.1, 0.15) is 0 Å². The minimum atomic E-state index is -4.20. The maximum atomic E-state index is 12.3. The molecule has 1 N–H and O–H groups in total. The van der Waals surface area contributed by atoms with E-state index < -0.39 is 26.2 Å². The molecule has 0 spiro atoms. The lowest BCUT2D eigenvalue weighted by molar-refractivity contribution is 0.589. The molecular formula is C12H11Cl2N3O4S. The average molecular weight is 364 g/mol. The SMILES string of the molecule is Cn1cc(S(=O)(=O)Nc2cc(Cl)cc(Cl)c2)c(=O)n(C)c1=O. The van der Waals surface area contributed by atoms with Crippen LogP contribution < -0.4 is 16.0 Å². The van der Waals surface area contributed by atoms with Gasteiger partial charge in [0.25, 0.3) is 15.6 Å². The molecule has 0 aliphatic carbocycles. The van der Waals surface area contributed by atoms with Crippen LogP contribution in [0, 0.1) is 0 Å². The largest absolute Gasteiger partial charge is 0.330 e. The Hall–Kier alpha value is -1.77. The summed E-state index contributed by atoms with van der Waals surface area (Å²) in [4.78, 5) is 23.0. The highest BCUT2D eigenvalue weighted by Gasteiger charge is 2.21. The Balaban J connectivity index is 2.57. The summed E-state index contributed by atoms with van der Waals surface area (Å²) in [7, 11) is -1.66. The van der Waals surface area contributed by atoms with Crippen LogP contribution in [-0.2, 0) is 24.1 Å². The van der Waals surface area contributed by atoms with Crippen molar-refractivity contribution in [3.05, 3.63) is 55.3 Å². The zero-order chi connectivity index (χ0) is 16.7. The molecule has 0 amide bonds. The molecule has 0 fully saturated rings. The molecule has 0 radical (unpaired) electrons. The van der Waals surface area contributed by atoms with Crippen LogP contribution in [0.25, 0.3) is 0 Å². The number of halogens is 2. The van der Waals surface area contributed by atoms with E-state index in [1.54, 1.807) is 0 Å². The predicted octanol–water partition coefficient (Wildman–Crippen LogP) is 1.19. The van der Waals surface area contributed by atoms with Gasteiger partial charge in [0.05, 0.1) is 5.69 Å². The third-order valence-electron chi connectivity index (χ3n) is 2.82. The maximum Gasteiger partial charge on any atom is 0.330 e. The lowest BCUT2D eigenvalue weighted by Crippen LogP contribution is -2.40. The topological polar surface area (TPSA) is 90.2 Å². The molecule has 0 atom stereocenters. The number of sulfonamides is 1. The van der Waals surface area contributed by atoms with Gasteiger partial charge in [0.2, 0.25) is 0 Å². The van der Waals surface area contributed by atoms with Gasteiger partial charge in [-0.3, -0.25) is 14.1 Å². The molecule has 0 unspecified atom stereocenters. The first kappa shape index (κ1) is 16.6. The Labute approximate surface area is 135 Å². The van der Waals surface area contributed by atoms with Gasteiger partial charge < -0.3 is 4.57 Å². The fourth-order valence-electron chi connectivity index (χ4n) is 1.78. The van der Waals surface area contributed by atoms with E-state index in [2.05, 4.69) is 4.72 Å². The Morgan fingerprint density at radius 3 is 2.14 bits per heavy atom. The van der Waals surface area contributed by atoms with E-state index in [0.717, 1.165) is 10.8 Å². The number of anilines is 1. The second kappa shape index (κ2) is 5.79. The molecule has 0 aliphatic rings. The zero-order valence-corrected chi connectivity index (χ0v) is 13.8. The second-order valence-electron chi connectivity index (χ2n) is 4.51. The average Bonchev–Trinajstić information content (AvgIpc) is 2.38. The molecule has 2 aromatic rings. The summed E-state index contributed by atoms with van der Waals surface area (Å²) in [6, 6.07) is 4.13. The summed E-state index contributed by atoms with van der Waals surface area (Å²) in [5, 5.41) is 0.470. The van der Waals surface area contributed by atoms with Crippen LogP contribution in [0.3, 0.4) is 0 Å². The molecule has 0 aliphatic heterocycles. The van der Waals surface area contributed by atoms with Crippen molar-refractivity contribution in [3.8, 4) is 0 Å². The molecule has 0 bridgehead atoms. The second-order valence-corrected chi connectivity index (χ2v) is 7.04. The summed E-state index contributed by atoms with van der Waals surface area (Å²) in [5.74, 6) is 0. The number of rotatable bonds is 3. The van der Waals surface area contributed by atoms with E-state index in [4.69, 9.17) is 23.2 Å². The third-order valence-corrected chi connectivity index (χ3v) is 4.62. The first-order chi connectivity index (χ1) is 10.1. The van der Waals surface area contributed by atoms with Gasteiger partial charge >= 0.3 is 5.69 Å². The smallest absolute Gasteiger partial charge is 0.302 e. The van der Waals surface area contributed by atoms with E-state index in [1.165, 1.54) is 32.3 Å². The fraction of sp³-hybridized carbons (Fsp3) is 0.167. The Bertz CT molecular complexity index is 943. The van der Waals surface area contributed by atoms with E-state index in [9.17, 15) is 18.0 Å². The number of hydrogen-bond acceptors (Lipinski definition) is 4. The van der Waals surface area contributed by atoms with Crippen LogP contribution in [0.4, 0.5) is 5.69 Å². The standard InChI is InChI=1S/C12H11Cl2N3O4S/c1-16-6-10(11(18)17(2)12(16)19)22(20,21)15-9-4-7(13)3-8(14)5-9/h3-6,15H,1-2H3. The number of hydrogen-bond donors (Lipinski definition) is 1. The summed E-state index contributed by atoms with van der Waals surface area (Å²) in [6.07, 6.45) is 0.957. The highest BCUT2D eigenvalue weighted by molar-refractivity contribution is 7.92. The fourth-order valence-corrected chi connectivity index (χ4v) is 3.51. The van der Waals surface area contributed by atoms with Crippen molar-refractivity contribution in [3.63, 3.8) is 0 Å². The minimum absolute atomic E-state index is 0.105. The van der Waals surface area contributed by atoms with Crippen LogP contribution in [0.15, 0.2) is 38.9 Å². The lowest BCUT2D eigenvalue weighted by Gasteiger charge is -2.10. The molecule has 0 saturated carbocycles. The van der Waals surface area contributed by atoms with E-state index in [0.29, 0.717) is 4.57 Å². The third kappa shape index (κ3) is 3.18. The molecule has 10 heteroatoms. The molecular weight excluding hydrogens is 353 g/mol. The summed E-state index contributed by atoms with van der Waals surface area (Å²) in [5.41, 5.74) is -1.45. The first-order valence-electron chi connectivity index (χ1n) is 5.87. The minimum Gasteiger partial charge on any atom is -0.302 e. The van der Waals surface area contributed by atoms with Crippen molar-refractivity contribution < 1.29 is 8.42 Å². The van der Waals surface area contributed by atoms with Gasteiger partial charge in [-0.15, -0.1) is 0 Å². The normalized spacial score (nSPS) is 11.5. The molecule has 1 aromatic carbocycles. The Morgan fingerprint density at radius 1 is 1.05 bits per heavy atom. The van der Waals surface area contributed by atoms with Crippen molar-refractivity contribution in [1.29, 1.82) is 0 Å². The Morgan fingerprint density at radius 2 is 1.59 bits per heavy atom. The van der Waals surface area contributed by atoms with Crippen molar-refractivity contribution in [2.75, 3.05) is 4.72 Å². The van der Waals surface area contributed by atoms with Gasteiger partial charge in [-0.25, -0.2) is 13.2 Å². The van der Waals surface area contributed by atoms with Crippen molar-refractivity contribution >= 4 is 38.9 Å². The molecule has 118 valence electrons. The van der Waals surface area contributed by atoms with Crippen molar-refractivity contribution in [2.24, 2.45) is 14.1 Å². The summed E-state index contributed by atoms with van der Waals surface area (Å²) >= 11 is 11.6. The van der Waals surface area contributed by atoms with E-state index in [1.807, 2.05) is 0 Å². The van der Waals surface area contributed by atoms with E-state index >= 15 is 0 Å². The van der Waals surface area contributed by atoms with Crippen LogP contribution >= 0.6 is 23.2 Å². The highest BCUT2D eigenvalue weighted by atomic mass is 35.5. The van der Waals surface area contributed by atoms with Gasteiger partial charge in [0.15, 0.2) is 4.90 Å². The Kier molecular flexibility index (Phi) is 4.37. The number of benzene rings is 1. The van der Waals surface area contributed by atoms with Crippen LogP contribution in [0.2, 0.25) is 10.0 Å². The predicted molar refractivity (Wildman–Crippen MR) is 84.2 cm³/mol. The molecule has 1 aromatic heterocycles. The molecule has 1 heterocycles. The van der Waals surface area contributed by atoms with Gasteiger partial charge in [0, 0.05) is 30.3 Å². The van der Waals surface area contributed by atoms with Crippen molar-refractivity contribution in [2.45, 2.75) is 4.90 Å². The monoisotopic (exact) mass is 363 g/mol. The van der Waals surface area contributed by atoms with Gasteiger partial charge in [-0.05, 0) is 18.2 Å². The first-order valence-corrected chi connectivity index (χ1v) is 8.11. The zero-order valence-electron chi connectivity index (χ0n) is 11.5. The lowest BCUT2D eigenvalue weighted by atomic mass is 10.3. The molecule has 22 heavy (non-hydrogen) atoms. The van der Waals surface area contributed by atoms with Gasteiger partial charge in [-0.2, -0.15) is 0 Å². The highest BCUT2D eigenvalue weighted by Crippen LogP contribution is 2.24. The van der Waals surface area contributed by atoms with Crippen LogP contribution in [-0.4, -0.2) is 17.6 Å². The number of nitrogens with one attached hydrogen (secondary N) is 1. The molecule has 7 nitrogen and oxygen atoms in total. The molecule has 2 rings (SSSR count). The maximum absolute atomic E-state index is 12.3. The van der Waals surface area contributed by atoms with Crippen molar-refractivity contribution in [1.82, 2.24) is 9.13 Å². The number of aryl methyl sites for hydroxylation is 1. The summed E-state index contributed by atoms with van der Waals surface area (Å²) < 4.78 is 28.6. The summed E-state index contributed by atoms with van der Waals surface area (Å²) in [6.45, 7) is 0. The quantitative estimate of drug-likeness (QED) is 0.886. The van der Waals surface area contributed by atoms with E-state index in [-0.39, 0.29) is 15.7 Å². The van der Waals surface area contributed by atoms with Crippen LogP contribution in [0.1, 0.15) is 0 Å². The van der Waals surface area contributed by atoms with Gasteiger partial charge in [-0.1, -0.05) is 23.2 Å². The number of aromatic nitrogens is 2. The van der Waals surface area contributed by atoms with Crippen LogP contribution in [0.5, 0.6) is 0 Å². The molecule has 0 saturated heterocycles.